The van der Waals surface area contributed by atoms with Gasteiger partial charge in [0.25, 0.3) is 0 Å². The molecule has 0 saturated carbocycles. The molecule has 10 heteroatoms. The van der Waals surface area contributed by atoms with Crippen LogP contribution in [0.25, 0.3) is 123 Å². The number of hydrogen-bond acceptors (Lipinski definition) is 8. The van der Waals surface area contributed by atoms with Gasteiger partial charge in [-0.3, -0.25) is 0 Å². The summed E-state index contributed by atoms with van der Waals surface area (Å²) in [6.45, 7) is 6.31. The van der Waals surface area contributed by atoms with Crippen molar-refractivity contribution in [1.82, 2.24) is 19.9 Å². The summed E-state index contributed by atoms with van der Waals surface area (Å²) in [5, 5.41) is 23.3. The molecule has 8 nitrogen and oxygen atoms in total. The highest BCUT2D eigenvalue weighted by molar-refractivity contribution is 6.33. The first-order chi connectivity index (χ1) is 44.7. The number of ether oxygens (including phenoxy) is 2. The van der Waals surface area contributed by atoms with E-state index in [0.29, 0.717) is 16.8 Å². The largest absolute Gasteiger partial charge is 0.456 e. The zero-order chi connectivity index (χ0) is 63.3. The van der Waals surface area contributed by atoms with Crippen molar-refractivity contribution in [2.45, 2.75) is 38.9 Å². The summed E-state index contributed by atoms with van der Waals surface area (Å²) in [7, 11) is 5.87. The lowest BCUT2D eigenvalue weighted by Crippen LogP contribution is -2.44. The van der Waals surface area contributed by atoms with E-state index in [1.807, 2.05) is 115 Å². The Bertz CT molecular complexity index is 4920. The van der Waals surface area contributed by atoms with E-state index < -0.39 is 11.2 Å². The summed E-state index contributed by atoms with van der Waals surface area (Å²) >= 11 is 6.23. The Balaban J connectivity index is 0.000000128. The predicted octanol–water partition coefficient (Wildman–Crippen LogP) is 20.1. The van der Waals surface area contributed by atoms with E-state index in [4.69, 9.17) is 49.1 Å². The molecule has 0 spiro atoms. The van der Waals surface area contributed by atoms with Gasteiger partial charge in [0.15, 0.2) is 11.6 Å². The molecule has 4 heterocycles. The number of rotatable bonds is 8. The third-order valence-corrected chi connectivity index (χ3v) is 16.8. The fraction of sp³-hybridized carbons (Fsp3) is 0.0732. The highest BCUT2D eigenvalue weighted by Gasteiger charge is 2.32. The summed E-state index contributed by atoms with van der Waals surface area (Å²) in [5.41, 5.74) is 15.6. The minimum Gasteiger partial charge on any atom is -0.456 e. The van der Waals surface area contributed by atoms with Crippen molar-refractivity contribution in [3.8, 4) is 124 Å². The van der Waals surface area contributed by atoms with Gasteiger partial charge in [0.2, 0.25) is 0 Å². The third-order valence-electron chi connectivity index (χ3n) is 16.6. The Morgan fingerprint density at radius 2 is 0.652 bits per heavy atom. The molecule has 2 N–H and O–H groups in total. The Labute approximate surface area is 542 Å². The minimum absolute atomic E-state index is 0.441. The summed E-state index contributed by atoms with van der Waals surface area (Å²) in [5.74, 6) is 4.87. The van der Waals surface area contributed by atoms with E-state index in [1.54, 1.807) is 33.8 Å². The van der Waals surface area contributed by atoms with Crippen molar-refractivity contribution in [3.05, 3.63) is 296 Å². The van der Waals surface area contributed by atoms with Crippen LogP contribution in [0.15, 0.2) is 291 Å². The number of hydrogen-bond donors (Lipinski definition) is 2. The van der Waals surface area contributed by atoms with Crippen LogP contribution in [-0.2, 0) is 0 Å². The molecule has 14 aromatic rings. The molecule has 2 aromatic heterocycles. The number of aromatic nitrogens is 4. The normalized spacial score (nSPS) is 11.6. The molecule has 92 heavy (non-hydrogen) atoms. The fourth-order valence-electron chi connectivity index (χ4n) is 11.0. The maximum atomic E-state index is 9.10. The molecular formula is C82H62BClN4O4. The lowest BCUT2D eigenvalue weighted by molar-refractivity contribution is -0.107. The van der Waals surface area contributed by atoms with Crippen molar-refractivity contribution in [3.63, 3.8) is 0 Å². The molecule has 0 amide bonds. The van der Waals surface area contributed by atoms with E-state index >= 15 is 0 Å². The van der Waals surface area contributed by atoms with Gasteiger partial charge >= 0.3 is 0 Å². The van der Waals surface area contributed by atoms with Crippen molar-refractivity contribution < 1.29 is 19.7 Å². The monoisotopic (exact) mass is 1210 g/mol. The van der Waals surface area contributed by atoms with Crippen LogP contribution in [-0.4, -0.2) is 49.2 Å². The van der Waals surface area contributed by atoms with E-state index in [0.717, 1.165) is 95.3 Å². The average Bonchev–Trinajstić information content (AvgIpc) is 0.767. The Kier molecular flexibility index (Phi) is 17.0. The van der Waals surface area contributed by atoms with Crippen LogP contribution in [0, 0.1) is 0 Å². The molecule has 0 atom stereocenters. The van der Waals surface area contributed by atoms with Crippen LogP contribution in [0.3, 0.4) is 0 Å². The van der Waals surface area contributed by atoms with Crippen LogP contribution in [0.4, 0.5) is 0 Å². The Hall–Kier alpha value is -10.8. The van der Waals surface area contributed by atoms with Gasteiger partial charge in [-0.2, -0.15) is 0 Å². The van der Waals surface area contributed by atoms with E-state index in [9.17, 15) is 0 Å². The topological polar surface area (TPSA) is 110 Å². The van der Waals surface area contributed by atoms with Gasteiger partial charge in [-0.25, -0.2) is 19.9 Å². The second-order valence-electron chi connectivity index (χ2n) is 23.6. The first-order valence-corrected chi connectivity index (χ1v) is 30.8. The molecule has 0 unspecified atom stereocenters. The second kappa shape index (κ2) is 26.0. The number of aliphatic hydroxyl groups is 2. The fourth-order valence-corrected chi connectivity index (χ4v) is 11.2. The third kappa shape index (κ3) is 13.1. The van der Waals surface area contributed by atoms with Crippen molar-refractivity contribution in [2.24, 2.45) is 0 Å². The molecule has 12 aromatic carbocycles. The van der Waals surface area contributed by atoms with Crippen LogP contribution in [0.1, 0.15) is 27.7 Å². The van der Waals surface area contributed by atoms with Gasteiger partial charge in [0.05, 0.1) is 28.3 Å². The SMILES string of the molecule is CC(C)(O)C(C)(C)O.Clc1cc(-c2ccc(-c3ccccc3)cc2)nc(-c2ccccc2)n1.[B]c1ccc2c(c1)-c1cccc3cccc(c13)O2.c1ccc(-c2ccc(-c3cc(-c4ccc5c(c4)-c4cccc6cccc(c46)O5)nc(-c4ccccc4)n3)cc2)cc1. The summed E-state index contributed by atoms with van der Waals surface area (Å²) in [4.78, 5) is 19.1. The Morgan fingerprint density at radius 3 is 1.10 bits per heavy atom. The summed E-state index contributed by atoms with van der Waals surface area (Å²) in [6, 6.07) is 98.7. The number of halogens is 1. The number of nitrogens with zero attached hydrogens (tertiary/aromatic N) is 4. The van der Waals surface area contributed by atoms with Gasteiger partial charge in [-0.15, -0.1) is 0 Å². The summed E-state index contributed by atoms with van der Waals surface area (Å²) < 4.78 is 12.3. The van der Waals surface area contributed by atoms with Crippen LogP contribution < -0.4 is 14.9 Å². The first-order valence-electron chi connectivity index (χ1n) is 30.4. The molecule has 0 aliphatic carbocycles. The maximum absolute atomic E-state index is 9.10. The van der Waals surface area contributed by atoms with E-state index in [2.05, 4.69) is 180 Å². The van der Waals surface area contributed by atoms with Gasteiger partial charge in [-0.05, 0) is 114 Å². The number of fused-ring (bicyclic) bond motifs is 4. The quantitative estimate of drug-likeness (QED) is 0.114. The van der Waals surface area contributed by atoms with Gasteiger partial charge < -0.3 is 19.7 Å². The molecule has 0 saturated heterocycles. The van der Waals surface area contributed by atoms with Gasteiger partial charge in [-0.1, -0.05) is 260 Å². The van der Waals surface area contributed by atoms with E-state index in [1.165, 1.54) is 44.2 Å². The molecule has 0 bridgehead atoms. The van der Waals surface area contributed by atoms with Crippen LogP contribution >= 0.6 is 11.6 Å². The van der Waals surface area contributed by atoms with E-state index in [-0.39, 0.29) is 0 Å². The van der Waals surface area contributed by atoms with Crippen molar-refractivity contribution in [2.75, 3.05) is 0 Å². The zero-order valence-electron chi connectivity index (χ0n) is 51.2. The van der Waals surface area contributed by atoms with Gasteiger partial charge in [0.1, 0.15) is 36.0 Å². The molecule has 16 rings (SSSR count). The van der Waals surface area contributed by atoms with Crippen molar-refractivity contribution >= 4 is 46.5 Å². The first kappa shape index (κ1) is 60.1. The highest BCUT2D eigenvalue weighted by atomic mass is 35.5. The van der Waals surface area contributed by atoms with Crippen LogP contribution in [0.5, 0.6) is 23.0 Å². The predicted molar refractivity (Wildman–Crippen MR) is 378 cm³/mol. The lowest BCUT2D eigenvalue weighted by Gasteiger charge is -2.31. The Morgan fingerprint density at radius 1 is 0.304 bits per heavy atom. The lowest BCUT2D eigenvalue weighted by atomic mass is 9.89. The standard InChI is InChI=1S/C38H24N2O.C22H15ClN2.C16H9BO.C6H14O2/c1-3-9-25(10-4-1)26-17-19-27(20-18-26)33-24-34(40-38(39-33)29-11-5-2-6-12-29)30-21-22-35-32(23-30)31-15-7-13-28-14-8-16-36(41-35)37(28)31;23-21-15-20(24-22(25-21)19-9-5-2-6-10-19)18-13-11-17(12-14-18)16-7-3-1-4-8-16;17-11-7-8-14-13(9-11)12-5-1-3-10-4-2-6-15(18-14)16(10)12;1-5(2,7)6(3,4)8/h1-24H;1-15H;1-9H;7-8H,1-4H3. The smallest absolute Gasteiger partial charge is 0.161 e. The molecule has 0 fully saturated rings. The molecule has 444 valence electrons. The molecule has 2 aliphatic rings. The minimum atomic E-state index is -1.01. The summed E-state index contributed by atoms with van der Waals surface area (Å²) in [6.07, 6.45) is 0. The molecule has 2 aliphatic heterocycles. The van der Waals surface area contributed by atoms with Crippen LogP contribution in [0.2, 0.25) is 5.15 Å². The second-order valence-corrected chi connectivity index (χ2v) is 24.0. The van der Waals surface area contributed by atoms with Crippen molar-refractivity contribution in [1.29, 1.82) is 0 Å². The molecular weight excluding hydrogens is 1150 g/mol. The highest BCUT2D eigenvalue weighted by Crippen LogP contribution is 2.48. The average molecular weight is 1210 g/mol. The maximum Gasteiger partial charge on any atom is 0.161 e. The number of benzene rings is 12. The molecule has 2 radical (unpaired) electrons. The van der Waals surface area contributed by atoms with Gasteiger partial charge in [0, 0.05) is 55.8 Å². The zero-order valence-corrected chi connectivity index (χ0v) is 51.9.